The Morgan fingerprint density at radius 3 is 2.60 bits per heavy atom. The van der Waals surface area contributed by atoms with Crippen molar-refractivity contribution in [2.24, 2.45) is 5.92 Å². The van der Waals surface area contributed by atoms with Gasteiger partial charge in [-0.15, -0.1) is 0 Å². The zero-order valence-electron chi connectivity index (χ0n) is 11.3. The molecule has 20 heavy (non-hydrogen) atoms. The van der Waals surface area contributed by atoms with Crippen molar-refractivity contribution in [1.82, 2.24) is 5.32 Å². The Morgan fingerprint density at radius 2 is 2.05 bits per heavy atom. The van der Waals surface area contributed by atoms with Crippen LogP contribution in [-0.2, 0) is 9.53 Å². The third kappa shape index (κ3) is 3.82. The Bertz CT molecular complexity index is 541. The molecule has 1 aliphatic rings. The minimum Gasteiger partial charge on any atom is -0.452 e. The molecule has 1 aliphatic carbocycles. The predicted octanol–water partition coefficient (Wildman–Crippen LogP) is 1.63. The second kappa shape index (κ2) is 6.20. The van der Waals surface area contributed by atoms with Crippen LogP contribution in [0, 0.1) is 17.2 Å². The van der Waals surface area contributed by atoms with Crippen LogP contribution in [0.15, 0.2) is 24.3 Å². The second-order valence-corrected chi connectivity index (χ2v) is 4.96. The van der Waals surface area contributed by atoms with Gasteiger partial charge in [-0.2, -0.15) is 5.26 Å². The molecule has 0 radical (unpaired) electrons. The fourth-order valence-electron chi connectivity index (χ4n) is 1.90. The molecule has 2 rings (SSSR count). The molecular formula is C15H16N2O3. The van der Waals surface area contributed by atoms with Crippen molar-refractivity contribution in [1.29, 1.82) is 5.26 Å². The van der Waals surface area contributed by atoms with Gasteiger partial charge in [0.25, 0.3) is 5.91 Å². The van der Waals surface area contributed by atoms with Gasteiger partial charge < -0.3 is 10.1 Å². The monoisotopic (exact) mass is 272 g/mol. The van der Waals surface area contributed by atoms with Crippen LogP contribution >= 0.6 is 0 Å². The van der Waals surface area contributed by atoms with Gasteiger partial charge in [-0.25, -0.2) is 4.79 Å². The van der Waals surface area contributed by atoms with Crippen molar-refractivity contribution in [2.75, 3.05) is 6.61 Å². The fourth-order valence-corrected chi connectivity index (χ4v) is 1.90. The summed E-state index contributed by atoms with van der Waals surface area (Å²) < 4.78 is 4.93. The van der Waals surface area contributed by atoms with Crippen molar-refractivity contribution < 1.29 is 14.3 Å². The largest absolute Gasteiger partial charge is 0.452 e. The highest BCUT2D eigenvalue weighted by Gasteiger charge is 2.28. The van der Waals surface area contributed by atoms with E-state index >= 15 is 0 Å². The quantitative estimate of drug-likeness (QED) is 0.826. The minimum absolute atomic E-state index is 0.135. The Kier molecular flexibility index (Phi) is 4.36. The van der Waals surface area contributed by atoms with Crippen molar-refractivity contribution in [2.45, 2.75) is 25.8 Å². The molecule has 1 aromatic carbocycles. The average Bonchev–Trinajstić information content (AvgIpc) is 3.29. The van der Waals surface area contributed by atoms with E-state index in [1.165, 1.54) is 24.3 Å². The molecule has 0 bridgehead atoms. The highest BCUT2D eigenvalue weighted by atomic mass is 16.5. The molecule has 0 unspecified atom stereocenters. The summed E-state index contributed by atoms with van der Waals surface area (Å²) in [4.78, 5) is 23.3. The van der Waals surface area contributed by atoms with Gasteiger partial charge in [0, 0.05) is 6.04 Å². The summed E-state index contributed by atoms with van der Waals surface area (Å²) in [5.74, 6) is -0.289. The number of hydrogen-bond donors (Lipinski definition) is 1. The molecular weight excluding hydrogens is 256 g/mol. The summed E-state index contributed by atoms with van der Waals surface area (Å²) in [6.07, 6.45) is 2.29. The lowest BCUT2D eigenvalue weighted by Gasteiger charge is -2.12. The van der Waals surface area contributed by atoms with Crippen LogP contribution in [0.1, 0.15) is 35.7 Å². The van der Waals surface area contributed by atoms with Gasteiger partial charge in [0.1, 0.15) is 0 Å². The van der Waals surface area contributed by atoms with Crippen LogP contribution in [0.25, 0.3) is 0 Å². The topological polar surface area (TPSA) is 79.2 Å². The number of hydrogen-bond acceptors (Lipinski definition) is 4. The van der Waals surface area contributed by atoms with Gasteiger partial charge >= 0.3 is 5.97 Å². The third-order valence-corrected chi connectivity index (χ3v) is 3.30. The molecule has 1 amide bonds. The van der Waals surface area contributed by atoms with Crippen molar-refractivity contribution in [3.05, 3.63) is 35.4 Å². The lowest BCUT2D eigenvalue weighted by Crippen LogP contribution is -2.37. The molecule has 1 aromatic rings. The first-order chi connectivity index (χ1) is 9.60. The van der Waals surface area contributed by atoms with E-state index in [0.29, 0.717) is 17.0 Å². The molecule has 0 aliphatic heterocycles. The summed E-state index contributed by atoms with van der Waals surface area (Å²) in [5, 5.41) is 11.5. The van der Waals surface area contributed by atoms with Gasteiger partial charge in [0.05, 0.1) is 17.2 Å². The predicted molar refractivity (Wildman–Crippen MR) is 71.8 cm³/mol. The first-order valence-corrected chi connectivity index (χ1v) is 6.57. The van der Waals surface area contributed by atoms with Gasteiger partial charge in [0.15, 0.2) is 6.61 Å². The number of nitrogens with zero attached hydrogens (tertiary/aromatic N) is 1. The van der Waals surface area contributed by atoms with Crippen LogP contribution in [0.5, 0.6) is 0 Å². The first-order valence-electron chi connectivity index (χ1n) is 6.57. The summed E-state index contributed by atoms with van der Waals surface area (Å²) in [5.41, 5.74) is 0.796. The van der Waals surface area contributed by atoms with E-state index in [1.54, 1.807) is 0 Å². The first kappa shape index (κ1) is 14.1. The maximum atomic E-state index is 11.7. The maximum absolute atomic E-state index is 11.7. The maximum Gasteiger partial charge on any atom is 0.338 e. The molecule has 104 valence electrons. The van der Waals surface area contributed by atoms with E-state index in [0.717, 1.165) is 12.8 Å². The number of amides is 1. The Labute approximate surface area is 117 Å². The summed E-state index contributed by atoms with van der Waals surface area (Å²) in [7, 11) is 0. The second-order valence-electron chi connectivity index (χ2n) is 4.96. The molecule has 0 aromatic heterocycles. The zero-order valence-corrected chi connectivity index (χ0v) is 11.3. The lowest BCUT2D eigenvalue weighted by atomic mass is 10.1. The molecule has 1 N–H and O–H groups in total. The highest BCUT2D eigenvalue weighted by Crippen LogP contribution is 2.32. The van der Waals surface area contributed by atoms with Gasteiger partial charge in [-0.1, -0.05) is 0 Å². The Morgan fingerprint density at radius 1 is 1.40 bits per heavy atom. The standard InChI is InChI=1S/C15H16N2O3/c1-10(12-6-7-12)17-14(18)9-20-15(19)13-4-2-11(8-16)3-5-13/h2-5,10,12H,6-7,9H2,1H3,(H,17,18)/t10-/m0/s1. The number of carbonyl (C=O) groups excluding carboxylic acids is 2. The van der Waals surface area contributed by atoms with E-state index in [2.05, 4.69) is 5.32 Å². The molecule has 5 heteroatoms. The zero-order chi connectivity index (χ0) is 14.5. The van der Waals surface area contributed by atoms with Crippen molar-refractivity contribution >= 4 is 11.9 Å². The van der Waals surface area contributed by atoms with Crippen LogP contribution in [0.2, 0.25) is 0 Å². The normalized spacial score (nSPS) is 15.0. The molecule has 1 fully saturated rings. The van der Waals surface area contributed by atoms with Crippen molar-refractivity contribution in [3.63, 3.8) is 0 Å². The number of esters is 1. The number of nitrogens with one attached hydrogen (secondary N) is 1. The summed E-state index contributed by atoms with van der Waals surface area (Å²) in [6.45, 7) is 1.67. The van der Waals surface area contributed by atoms with E-state index in [4.69, 9.17) is 10.00 Å². The summed E-state index contributed by atoms with van der Waals surface area (Å²) >= 11 is 0. The molecule has 0 saturated heterocycles. The minimum atomic E-state index is -0.566. The van der Waals surface area contributed by atoms with Gasteiger partial charge in [-0.05, 0) is 49.9 Å². The SMILES string of the molecule is C[C@H](NC(=O)COC(=O)c1ccc(C#N)cc1)C1CC1. The fraction of sp³-hybridized carbons (Fsp3) is 0.400. The number of nitriles is 1. The van der Waals surface area contributed by atoms with Crippen LogP contribution in [-0.4, -0.2) is 24.5 Å². The van der Waals surface area contributed by atoms with E-state index in [9.17, 15) is 9.59 Å². The Balaban J connectivity index is 1.78. The van der Waals surface area contributed by atoms with Crippen molar-refractivity contribution in [3.8, 4) is 6.07 Å². The number of ether oxygens (including phenoxy) is 1. The van der Waals surface area contributed by atoms with Crippen LogP contribution in [0.3, 0.4) is 0 Å². The van der Waals surface area contributed by atoms with E-state index < -0.39 is 5.97 Å². The smallest absolute Gasteiger partial charge is 0.338 e. The average molecular weight is 272 g/mol. The highest BCUT2D eigenvalue weighted by molar-refractivity contribution is 5.91. The number of benzene rings is 1. The molecule has 0 spiro atoms. The summed E-state index contributed by atoms with van der Waals surface area (Å²) in [6, 6.07) is 8.18. The molecule has 1 atom stereocenters. The number of rotatable bonds is 5. The van der Waals surface area contributed by atoms with Gasteiger partial charge in [-0.3, -0.25) is 4.79 Å². The van der Waals surface area contributed by atoms with E-state index in [-0.39, 0.29) is 18.6 Å². The molecule has 0 heterocycles. The van der Waals surface area contributed by atoms with Gasteiger partial charge in [0.2, 0.25) is 0 Å². The van der Waals surface area contributed by atoms with Crippen LogP contribution < -0.4 is 5.32 Å². The Hall–Kier alpha value is -2.35. The molecule has 1 saturated carbocycles. The third-order valence-electron chi connectivity index (χ3n) is 3.30. The lowest BCUT2D eigenvalue weighted by molar-refractivity contribution is -0.124. The number of carbonyl (C=O) groups is 2. The molecule has 5 nitrogen and oxygen atoms in total. The van der Waals surface area contributed by atoms with Crippen LogP contribution in [0.4, 0.5) is 0 Å². The van der Waals surface area contributed by atoms with E-state index in [1.807, 2.05) is 13.0 Å².